The molecule has 3 saturated heterocycles. The summed E-state index contributed by atoms with van der Waals surface area (Å²) in [6.45, 7) is 14.5. The second-order valence-electron chi connectivity index (χ2n) is 18.5. The van der Waals surface area contributed by atoms with Gasteiger partial charge in [0.25, 0.3) is 0 Å². The predicted octanol–water partition coefficient (Wildman–Crippen LogP) is 7.16. The smallest absolute Gasteiger partial charge is 0.313 e. The summed E-state index contributed by atoms with van der Waals surface area (Å²) in [6, 6.07) is 13.1. The highest BCUT2D eigenvalue weighted by molar-refractivity contribution is 14.1. The van der Waals surface area contributed by atoms with Gasteiger partial charge in [-0.2, -0.15) is 0 Å². The SMILES string of the molecule is CC(=O)/N=C1\[C@H](C)C[C@@]2(C)OC/C(=C/C=C/c3ccccc3)CC[C@H]([C@H]1C)[C@](C)(O)[C@@H](I)OC(=O)[C@H](C)[C@@H](OC(=O)Cc1cccnc1)[C@H](C)[C@H]2O[C@@H]1O[C@H](C)C[C@H](N(C)C)[C@H]1O. The number of allylic oxidation sites excluding steroid dienone is 2. The van der Waals surface area contributed by atoms with Gasteiger partial charge in [-0.3, -0.25) is 19.4 Å². The average Bonchev–Trinajstić information content (AvgIpc) is 3.24. The van der Waals surface area contributed by atoms with Gasteiger partial charge < -0.3 is 38.8 Å². The topological polar surface area (TPSA) is 166 Å². The van der Waals surface area contributed by atoms with Crippen molar-refractivity contribution >= 4 is 52.2 Å². The molecule has 1 aromatic carbocycles. The number of hydrogen-bond donors (Lipinski definition) is 2. The predicted molar refractivity (Wildman–Crippen MR) is 250 cm³/mol. The van der Waals surface area contributed by atoms with Crippen LogP contribution in [0.1, 0.15) is 92.2 Å². The van der Waals surface area contributed by atoms with E-state index in [1.54, 1.807) is 38.4 Å². The maximum Gasteiger partial charge on any atom is 0.313 e. The third-order valence-corrected chi connectivity index (χ3v) is 14.7. The first-order chi connectivity index (χ1) is 29.7. The van der Waals surface area contributed by atoms with Crippen LogP contribution in [0.5, 0.6) is 0 Å². The number of carbonyl (C=O) groups is 3. The monoisotopic (exact) mass is 985 g/mol. The quantitative estimate of drug-likeness (QED) is 0.156. The van der Waals surface area contributed by atoms with E-state index in [1.165, 1.54) is 6.92 Å². The number of hydrogen-bond acceptors (Lipinski definition) is 12. The molecule has 0 saturated carbocycles. The third kappa shape index (κ3) is 12.9. The number of amides is 1. The van der Waals surface area contributed by atoms with Crippen molar-refractivity contribution in [3.63, 3.8) is 0 Å². The van der Waals surface area contributed by atoms with Crippen LogP contribution in [0.4, 0.5) is 0 Å². The van der Waals surface area contributed by atoms with Crippen LogP contribution in [0, 0.1) is 29.6 Å². The Morgan fingerprint density at radius 3 is 2.43 bits per heavy atom. The Morgan fingerprint density at radius 2 is 1.78 bits per heavy atom. The number of halogens is 1. The first kappa shape index (κ1) is 50.6. The number of cyclic esters (lactones) is 1. The lowest BCUT2D eigenvalue weighted by Gasteiger charge is -2.49. The normalized spacial score (nSPS) is 37.5. The van der Waals surface area contributed by atoms with E-state index in [4.69, 9.17) is 23.7 Å². The summed E-state index contributed by atoms with van der Waals surface area (Å²) in [7, 11) is 3.80. The van der Waals surface area contributed by atoms with Crippen molar-refractivity contribution in [3.8, 4) is 0 Å². The molecule has 1 aromatic heterocycles. The van der Waals surface area contributed by atoms with Gasteiger partial charge in [0.1, 0.15) is 17.8 Å². The molecule has 3 aliphatic rings. The van der Waals surface area contributed by atoms with Crippen LogP contribution in [-0.4, -0.2) is 116 Å². The third-order valence-electron chi connectivity index (χ3n) is 13.1. The molecule has 14 heteroatoms. The van der Waals surface area contributed by atoms with Crippen LogP contribution in [0.2, 0.25) is 0 Å². The van der Waals surface area contributed by atoms with Crippen molar-refractivity contribution in [3.05, 3.63) is 83.7 Å². The molecular formula is C49H68IN3O10. The number of likely N-dealkylation sites (N-methyl/N-ethyl adjacent to an activating group) is 1. The zero-order chi connectivity index (χ0) is 46.2. The number of aliphatic hydroxyl groups excluding tert-OH is 1. The summed E-state index contributed by atoms with van der Waals surface area (Å²) in [6.07, 6.45) is 6.18. The maximum absolute atomic E-state index is 14.5. The summed E-state index contributed by atoms with van der Waals surface area (Å²) in [5, 5.41) is 24.5. The van der Waals surface area contributed by atoms with E-state index in [0.29, 0.717) is 30.5 Å². The molecule has 2 aromatic rings. The number of nitrogens with zero attached hydrogens (tertiary/aromatic N) is 3. The van der Waals surface area contributed by atoms with E-state index in [0.717, 1.165) is 11.1 Å². The minimum Gasteiger partial charge on any atom is -0.461 e. The summed E-state index contributed by atoms with van der Waals surface area (Å²) in [4.78, 5) is 52.1. The minimum atomic E-state index is -1.61. The number of rotatable bonds is 8. The van der Waals surface area contributed by atoms with E-state index < -0.39 is 81.4 Å². The Bertz CT molecular complexity index is 1940. The highest BCUT2D eigenvalue weighted by Crippen LogP contribution is 2.44. The molecule has 2 bridgehead atoms. The number of fused-ring (bicyclic) bond motifs is 5. The molecule has 0 radical (unpaired) electrons. The highest BCUT2D eigenvalue weighted by atomic mass is 127. The molecule has 0 spiro atoms. The van der Waals surface area contributed by atoms with Crippen LogP contribution < -0.4 is 0 Å². The fourth-order valence-electron chi connectivity index (χ4n) is 9.68. The van der Waals surface area contributed by atoms with Gasteiger partial charge in [0.05, 0.1) is 36.8 Å². The van der Waals surface area contributed by atoms with Crippen molar-refractivity contribution in [1.82, 2.24) is 9.88 Å². The van der Waals surface area contributed by atoms with Crippen LogP contribution in [0.25, 0.3) is 6.08 Å². The van der Waals surface area contributed by atoms with Crippen molar-refractivity contribution < 1.29 is 48.3 Å². The molecule has 3 aliphatic heterocycles. The Hall–Kier alpha value is -3.38. The molecule has 14 atom stereocenters. The summed E-state index contributed by atoms with van der Waals surface area (Å²) in [5.74, 6) is -4.95. The summed E-state index contributed by atoms with van der Waals surface area (Å²) in [5.41, 5.74) is 0.259. The molecule has 4 heterocycles. The van der Waals surface area contributed by atoms with Crippen molar-refractivity contribution in [2.45, 2.75) is 140 Å². The minimum absolute atomic E-state index is 0.111. The number of aromatic nitrogens is 1. The van der Waals surface area contributed by atoms with Crippen molar-refractivity contribution in [1.29, 1.82) is 0 Å². The lowest BCUT2D eigenvalue weighted by atomic mass is 9.70. The fourth-order valence-corrected chi connectivity index (χ4v) is 10.4. The zero-order valence-corrected chi connectivity index (χ0v) is 40.6. The molecule has 0 unspecified atom stereocenters. The maximum atomic E-state index is 14.5. The average molecular weight is 986 g/mol. The van der Waals surface area contributed by atoms with Gasteiger partial charge in [-0.25, -0.2) is 4.99 Å². The second kappa shape index (κ2) is 22.2. The van der Waals surface area contributed by atoms with E-state index in [-0.39, 0.29) is 37.5 Å². The Balaban J connectivity index is 1.74. The standard InChI is InChI=1S/C49H68IN3O10/c1-29-26-48(7)44(62-46-42(56)39(53(9)10)24-30(2)60-46)32(4)43(61-40(55)25-37-20-15-23-51-27-37)33(5)45(57)63-47(50)49(8,58)38(31(3)41(29)52-34(6)54)22-21-36(28-59-48)19-14-18-35-16-12-11-13-17-35/h11-20,23,27,29-33,38-39,42-44,46-47,56,58H,21-22,24-26,28H2,1-10H3/b18-14+,36-19+,52-41+/t29-,30-,31-,32+,33-,38-,39+,42-,43+,44-,46+,47+,48-,49+/m1/s1. The Morgan fingerprint density at radius 1 is 1.06 bits per heavy atom. The molecule has 346 valence electrons. The molecule has 63 heavy (non-hydrogen) atoms. The number of carbonyl (C=O) groups excluding carboxylic acids is 3. The highest BCUT2D eigenvalue weighted by Gasteiger charge is 2.53. The fraction of sp³-hybridized carbons (Fsp3) is 0.612. The van der Waals surface area contributed by atoms with Gasteiger partial charge in [-0.15, -0.1) is 0 Å². The second-order valence-corrected chi connectivity index (χ2v) is 19.7. The molecule has 13 nitrogen and oxygen atoms in total. The Labute approximate surface area is 387 Å². The number of pyridine rings is 1. The van der Waals surface area contributed by atoms with Crippen LogP contribution in [0.3, 0.4) is 0 Å². The van der Waals surface area contributed by atoms with E-state index in [1.807, 2.05) is 125 Å². The van der Waals surface area contributed by atoms with E-state index in [9.17, 15) is 24.6 Å². The lowest BCUT2D eigenvalue weighted by Crippen LogP contribution is -2.60. The van der Waals surface area contributed by atoms with Crippen molar-refractivity contribution in [2.24, 2.45) is 34.6 Å². The van der Waals surface area contributed by atoms with Crippen LogP contribution in [0.15, 0.2) is 77.6 Å². The van der Waals surface area contributed by atoms with E-state index >= 15 is 0 Å². The summed E-state index contributed by atoms with van der Waals surface area (Å²) >= 11 is 1.97. The number of aliphatic imine (C=N–C) groups is 1. The van der Waals surface area contributed by atoms with Gasteiger partial charge in [0.2, 0.25) is 5.91 Å². The van der Waals surface area contributed by atoms with E-state index in [2.05, 4.69) is 9.98 Å². The first-order valence-electron chi connectivity index (χ1n) is 22.2. The molecule has 1 amide bonds. The molecule has 0 aliphatic carbocycles. The zero-order valence-electron chi connectivity index (χ0n) is 38.5. The largest absolute Gasteiger partial charge is 0.461 e. The lowest BCUT2D eigenvalue weighted by molar-refractivity contribution is -0.303. The number of ether oxygens (including phenoxy) is 5. The van der Waals surface area contributed by atoms with Gasteiger partial charge >= 0.3 is 11.9 Å². The Kier molecular flexibility index (Phi) is 17.8. The molecule has 2 N–H and O–H groups in total. The van der Waals surface area contributed by atoms with Crippen molar-refractivity contribution in [2.75, 3.05) is 20.7 Å². The van der Waals surface area contributed by atoms with Crippen LogP contribution >= 0.6 is 22.6 Å². The van der Waals surface area contributed by atoms with Gasteiger partial charge in [-0.1, -0.05) is 75.4 Å². The van der Waals surface area contributed by atoms with Gasteiger partial charge in [0.15, 0.2) is 10.4 Å². The summed E-state index contributed by atoms with van der Waals surface area (Å²) < 4.78 is 32.2. The molecular weight excluding hydrogens is 917 g/mol. The van der Waals surface area contributed by atoms with Gasteiger partial charge in [0, 0.05) is 42.9 Å². The molecule has 3 fully saturated rings. The number of aliphatic hydroxyl groups is 2. The molecule has 5 rings (SSSR count). The number of benzene rings is 1. The van der Waals surface area contributed by atoms with Gasteiger partial charge in [-0.05, 0) is 125 Å². The first-order valence-corrected chi connectivity index (χ1v) is 23.4. The number of esters is 2. The van der Waals surface area contributed by atoms with Crippen LogP contribution in [-0.2, 0) is 44.5 Å². The number of alkyl halides is 1.